The van der Waals surface area contributed by atoms with Crippen molar-refractivity contribution in [3.8, 4) is 0 Å². The molecule has 4 nitrogen and oxygen atoms in total. The van der Waals surface area contributed by atoms with Gasteiger partial charge in [-0.25, -0.2) is 0 Å². The zero-order valence-electron chi connectivity index (χ0n) is 18.5. The first-order valence-electron chi connectivity index (χ1n) is 11.6. The lowest BCUT2D eigenvalue weighted by molar-refractivity contribution is -0.162. The minimum Gasteiger partial charge on any atom is -0.465 e. The lowest BCUT2D eigenvalue weighted by Crippen LogP contribution is -2.28. The van der Waals surface area contributed by atoms with E-state index in [1.165, 1.54) is 5.56 Å². The summed E-state index contributed by atoms with van der Waals surface area (Å²) in [6.45, 7) is 5.00. The van der Waals surface area contributed by atoms with Gasteiger partial charge < -0.3 is 9.47 Å². The SMILES string of the molecule is CCCCCOC(=O)C(CCCCCCc1ccccc1)C(=O)OCCCCC. The minimum absolute atomic E-state index is 0.392. The van der Waals surface area contributed by atoms with Crippen molar-refractivity contribution in [2.75, 3.05) is 13.2 Å². The number of unbranched alkanes of at least 4 members (excludes halogenated alkanes) is 7. The Morgan fingerprint density at radius 2 is 1.28 bits per heavy atom. The monoisotopic (exact) mass is 404 g/mol. The van der Waals surface area contributed by atoms with Crippen LogP contribution in [-0.2, 0) is 25.5 Å². The molecule has 0 fully saturated rings. The summed E-state index contributed by atoms with van der Waals surface area (Å²) in [7, 11) is 0. The normalized spacial score (nSPS) is 10.9. The zero-order valence-corrected chi connectivity index (χ0v) is 18.5. The van der Waals surface area contributed by atoms with Crippen LogP contribution in [0.25, 0.3) is 0 Å². The van der Waals surface area contributed by atoms with Gasteiger partial charge in [0.15, 0.2) is 5.92 Å². The molecular weight excluding hydrogens is 364 g/mol. The molecule has 0 aliphatic carbocycles. The van der Waals surface area contributed by atoms with E-state index >= 15 is 0 Å². The zero-order chi connectivity index (χ0) is 21.2. The predicted octanol–water partition coefficient (Wildman–Crippen LogP) is 6.26. The van der Waals surface area contributed by atoms with Crippen LogP contribution in [0.5, 0.6) is 0 Å². The summed E-state index contributed by atoms with van der Waals surface area (Å²) >= 11 is 0. The van der Waals surface area contributed by atoms with Crippen molar-refractivity contribution in [1.82, 2.24) is 0 Å². The van der Waals surface area contributed by atoms with Crippen molar-refractivity contribution in [1.29, 1.82) is 0 Å². The Balaban J connectivity index is 2.35. The summed E-state index contributed by atoms with van der Waals surface area (Å²) in [5, 5.41) is 0. The van der Waals surface area contributed by atoms with Crippen LogP contribution < -0.4 is 0 Å². The van der Waals surface area contributed by atoms with E-state index in [-0.39, 0.29) is 0 Å². The molecule has 0 atom stereocenters. The van der Waals surface area contributed by atoms with Crippen LogP contribution >= 0.6 is 0 Å². The molecule has 0 saturated carbocycles. The Bertz CT molecular complexity index is 517. The highest BCUT2D eigenvalue weighted by atomic mass is 16.6. The summed E-state index contributed by atoms with van der Waals surface area (Å²) < 4.78 is 10.7. The third-order valence-electron chi connectivity index (χ3n) is 5.10. The molecule has 0 heterocycles. The largest absolute Gasteiger partial charge is 0.465 e. The summed E-state index contributed by atoms with van der Waals surface area (Å²) in [5.74, 6) is -1.59. The molecule has 0 radical (unpaired) electrons. The fourth-order valence-electron chi connectivity index (χ4n) is 3.26. The van der Waals surface area contributed by atoms with Crippen molar-refractivity contribution < 1.29 is 19.1 Å². The molecule has 1 aromatic rings. The van der Waals surface area contributed by atoms with Gasteiger partial charge in [-0.1, -0.05) is 89.1 Å². The van der Waals surface area contributed by atoms with E-state index in [1.807, 2.05) is 6.07 Å². The standard InChI is InChI=1S/C25H40O4/c1-3-5-14-20-28-24(26)23(25(27)29-21-15-6-4-2)19-13-8-7-10-16-22-17-11-9-12-18-22/h9,11-12,17-18,23H,3-8,10,13-16,19-21H2,1-2H3. The maximum Gasteiger partial charge on any atom is 0.320 e. The van der Waals surface area contributed by atoms with E-state index in [9.17, 15) is 9.59 Å². The number of benzene rings is 1. The predicted molar refractivity (Wildman–Crippen MR) is 118 cm³/mol. The van der Waals surface area contributed by atoms with E-state index < -0.39 is 17.9 Å². The van der Waals surface area contributed by atoms with Crippen LogP contribution in [-0.4, -0.2) is 25.2 Å². The Morgan fingerprint density at radius 1 is 0.724 bits per heavy atom. The average Bonchev–Trinajstić information content (AvgIpc) is 2.74. The lowest BCUT2D eigenvalue weighted by atomic mass is 9.99. The summed E-state index contributed by atoms with van der Waals surface area (Å²) in [5.41, 5.74) is 1.36. The van der Waals surface area contributed by atoms with E-state index in [2.05, 4.69) is 38.1 Å². The fraction of sp³-hybridized carbons (Fsp3) is 0.680. The van der Waals surface area contributed by atoms with Crippen LogP contribution in [0.4, 0.5) is 0 Å². The van der Waals surface area contributed by atoms with Gasteiger partial charge in [0, 0.05) is 0 Å². The third-order valence-corrected chi connectivity index (χ3v) is 5.10. The number of ether oxygens (including phenoxy) is 2. The van der Waals surface area contributed by atoms with Crippen LogP contribution in [0.1, 0.15) is 90.0 Å². The molecule has 0 saturated heterocycles. The average molecular weight is 405 g/mol. The first-order valence-corrected chi connectivity index (χ1v) is 11.6. The number of hydrogen-bond donors (Lipinski definition) is 0. The molecule has 0 spiro atoms. The van der Waals surface area contributed by atoms with E-state index in [4.69, 9.17) is 9.47 Å². The maximum atomic E-state index is 12.4. The first kappa shape index (κ1) is 25.2. The summed E-state index contributed by atoms with van der Waals surface area (Å²) in [6.07, 6.45) is 11.6. The van der Waals surface area contributed by atoms with E-state index in [1.54, 1.807) is 0 Å². The molecule has 0 unspecified atom stereocenters. The molecular formula is C25H40O4. The number of esters is 2. The van der Waals surface area contributed by atoms with Gasteiger partial charge in [0.1, 0.15) is 0 Å². The summed E-state index contributed by atoms with van der Waals surface area (Å²) in [4.78, 5) is 24.8. The highest BCUT2D eigenvalue weighted by Gasteiger charge is 2.29. The van der Waals surface area contributed by atoms with Gasteiger partial charge >= 0.3 is 11.9 Å². The molecule has 0 N–H and O–H groups in total. The quantitative estimate of drug-likeness (QED) is 0.175. The molecule has 1 aromatic carbocycles. The maximum absolute atomic E-state index is 12.4. The Morgan fingerprint density at radius 3 is 1.83 bits per heavy atom. The van der Waals surface area contributed by atoms with Crippen molar-refractivity contribution in [3.63, 3.8) is 0 Å². The Kier molecular flexibility index (Phi) is 14.8. The van der Waals surface area contributed by atoms with Crippen molar-refractivity contribution in [3.05, 3.63) is 35.9 Å². The number of aryl methyl sites for hydroxylation is 1. The molecule has 0 amide bonds. The molecule has 4 heteroatoms. The second kappa shape index (κ2) is 17.1. The molecule has 1 rings (SSSR count). The van der Waals surface area contributed by atoms with Crippen LogP contribution in [0.2, 0.25) is 0 Å². The van der Waals surface area contributed by atoms with Gasteiger partial charge in [-0.05, 0) is 37.7 Å². The van der Waals surface area contributed by atoms with Crippen LogP contribution in [0.15, 0.2) is 30.3 Å². The lowest BCUT2D eigenvalue weighted by Gasteiger charge is -2.15. The molecule has 0 aliphatic heterocycles. The van der Waals surface area contributed by atoms with Gasteiger partial charge in [-0.15, -0.1) is 0 Å². The van der Waals surface area contributed by atoms with Crippen molar-refractivity contribution in [2.45, 2.75) is 90.9 Å². The Labute approximate surface area is 177 Å². The Hall–Kier alpha value is -1.84. The van der Waals surface area contributed by atoms with Crippen LogP contribution in [0.3, 0.4) is 0 Å². The fourth-order valence-corrected chi connectivity index (χ4v) is 3.26. The molecule has 164 valence electrons. The van der Waals surface area contributed by atoms with Crippen molar-refractivity contribution in [2.24, 2.45) is 5.92 Å². The van der Waals surface area contributed by atoms with Crippen LogP contribution in [0, 0.1) is 5.92 Å². The van der Waals surface area contributed by atoms with Gasteiger partial charge in [-0.3, -0.25) is 9.59 Å². The third kappa shape index (κ3) is 12.4. The van der Waals surface area contributed by atoms with Crippen molar-refractivity contribution >= 4 is 11.9 Å². The number of rotatable bonds is 17. The van der Waals surface area contributed by atoms with Gasteiger partial charge in [0.25, 0.3) is 0 Å². The highest BCUT2D eigenvalue weighted by molar-refractivity contribution is 5.94. The topological polar surface area (TPSA) is 52.6 Å². The molecule has 0 bridgehead atoms. The minimum atomic E-state index is -0.771. The van der Waals surface area contributed by atoms with E-state index in [0.29, 0.717) is 19.6 Å². The van der Waals surface area contributed by atoms with Gasteiger partial charge in [0.2, 0.25) is 0 Å². The number of hydrogen-bond acceptors (Lipinski definition) is 4. The molecule has 29 heavy (non-hydrogen) atoms. The second-order valence-corrected chi connectivity index (χ2v) is 7.74. The first-order chi connectivity index (χ1) is 14.2. The number of carbonyl (C=O) groups excluding carboxylic acids is 2. The van der Waals surface area contributed by atoms with Gasteiger partial charge in [-0.2, -0.15) is 0 Å². The summed E-state index contributed by atoms with van der Waals surface area (Å²) in [6, 6.07) is 10.5. The highest BCUT2D eigenvalue weighted by Crippen LogP contribution is 2.16. The van der Waals surface area contributed by atoms with E-state index in [0.717, 1.165) is 70.6 Å². The number of carbonyl (C=O) groups is 2. The molecule has 0 aliphatic rings. The second-order valence-electron chi connectivity index (χ2n) is 7.74. The smallest absolute Gasteiger partial charge is 0.320 e. The molecule has 0 aromatic heterocycles. The van der Waals surface area contributed by atoms with Gasteiger partial charge in [0.05, 0.1) is 13.2 Å².